The monoisotopic (exact) mass is 288 g/mol. The normalized spacial score (nSPS) is 27.3. The van der Waals surface area contributed by atoms with Gasteiger partial charge in [-0.1, -0.05) is 25.1 Å². The van der Waals surface area contributed by atoms with E-state index in [1.54, 1.807) is 4.90 Å². The van der Waals surface area contributed by atoms with Gasteiger partial charge in [0.1, 0.15) is 0 Å². The van der Waals surface area contributed by atoms with E-state index in [4.69, 9.17) is 0 Å². The molecule has 1 aromatic rings. The van der Waals surface area contributed by atoms with Crippen LogP contribution in [0.5, 0.6) is 0 Å². The third-order valence-corrected chi connectivity index (χ3v) is 4.93. The SMILES string of the molecule is CCC1(C(=O)O)CCN(C(=O)C2CNc3ccccc32)C1. The Labute approximate surface area is 123 Å². The third-order valence-electron chi connectivity index (χ3n) is 4.93. The van der Waals surface area contributed by atoms with Crippen LogP contribution in [0.4, 0.5) is 5.69 Å². The van der Waals surface area contributed by atoms with Crippen LogP contribution in [0.1, 0.15) is 31.2 Å². The molecular formula is C16H20N2O3. The first kappa shape index (κ1) is 13.9. The van der Waals surface area contributed by atoms with Gasteiger partial charge in [-0.05, 0) is 24.5 Å². The minimum Gasteiger partial charge on any atom is -0.481 e. The van der Waals surface area contributed by atoms with Crippen LogP contribution < -0.4 is 5.32 Å². The smallest absolute Gasteiger partial charge is 0.311 e. The lowest BCUT2D eigenvalue weighted by Crippen LogP contribution is -2.38. The van der Waals surface area contributed by atoms with Crippen molar-refractivity contribution >= 4 is 17.6 Å². The molecule has 1 fully saturated rings. The molecule has 1 saturated heterocycles. The van der Waals surface area contributed by atoms with E-state index in [2.05, 4.69) is 5.32 Å². The molecule has 0 saturated carbocycles. The summed E-state index contributed by atoms with van der Waals surface area (Å²) in [4.78, 5) is 25.9. The van der Waals surface area contributed by atoms with Gasteiger partial charge in [0.15, 0.2) is 0 Å². The standard InChI is InChI=1S/C16H20N2O3/c1-2-16(15(20)21)7-8-18(10-16)14(19)12-9-17-13-6-4-3-5-11(12)13/h3-6,12,17H,2,7-10H2,1H3,(H,20,21). The maximum Gasteiger partial charge on any atom is 0.311 e. The number of benzene rings is 1. The van der Waals surface area contributed by atoms with Crippen LogP contribution in [0, 0.1) is 5.41 Å². The third kappa shape index (κ3) is 2.17. The van der Waals surface area contributed by atoms with E-state index in [0.29, 0.717) is 32.5 Å². The van der Waals surface area contributed by atoms with Crippen LogP contribution in [0.15, 0.2) is 24.3 Å². The number of carbonyl (C=O) groups is 2. The van der Waals surface area contributed by atoms with Gasteiger partial charge in [-0.2, -0.15) is 0 Å². The van der Waals surface area contributed by atoms with Crippen molar-refractivity contribution in [1.82, 2.24) is 4.90 Å². The van der Waals surface area contributed by atoms with Crippen LogP contribution in [-0.4, -0.2) is 41.5 Å². The highest BCUT2D eigenvalue weighted by molar-refractivity contribution is 5.89. The summed E-state index contributed by atoms with van der Waals surface area (Å²) in [7, 11) is 0. The zero-order chi connectivity index (χ0) is 15.0. The van der Waals surface area contributed by atoms with Gasteiger partial charge >= 0.3 is 5.97 Å². The summed E-state index contributed by atoms with van der Waals surface area (Å²) in [6, 6.07) is 7.82. The van der Waals surface area contributed by atoms with Crippen LogP contribution >= 0.6 is 0 Å². The van der Waals surface area contributed by atoms with Gasteiger partial charge in [-0.3, -0.25) is 9.59 Å². The number of likely N-dealkylation sites (tertiary alicyclic amines) is 1. The van der Waals surface area contributed by atoms with Crippen LogP contribution in [0.3, 0.4) is 0 Å². The summed E-state index contributed by atoms with van der Waals surface area (Å²) < 4.78 is 0. The van der Waals surface area contributed by atoms with Crippen molar-refractivity contribution in [3.63, 3.8) is 0 Å². The van der Waals surface area contributed by atoms with Gasteiger partial charge in [-0.25, -0.2) is 0 Å². The molecule has 3 rings (SSSR count). The molecule has 1 amide bonds. The first-order valence-corrected chi connectivity index (χ1v) is 7.42. The molecule has 0 aliphatic carbocycles. The molecule has 1 aromatic carbocycles. The van der Waals surface area contributed by atoms with E-state index in [1.807, 2.05) is 31.2 Å². The molecule has 2 heterocycles. The number of nitrogens with one attached hydrogen (secondary N) is 1. The summed E-state index contributed by atoms with van der Waals surface area (Å²) in [5.41, 5.74) is 1.27. The molecule has 0 radical (unpaired) electrons. The number of carboxylic acid groups (broad SMARTS) is 1. The van der Waals surface area contributed by atoms with Crippen molar-refractivity contribution in [2.75, 3.05) is 25.0 Å². The van der Waals surface area contributed by atoms with Crippen LogP contribution in [0.25, 0.3) is 0 Å². The number of amides is 1. The molecule has 0 bridgehead atoms. The molecule has 21 heavy (non-hydrogen) atoms. The quantitative estimate of drug-likeness (QED) is 0.891. The number of fused-ring (bicyclic) bond motifs is 1. The summed E-state index contributed by atoms with van der Waals surface area (Å²) in [5.74, 6) is -0.933. The lowest BCUT2D eigenvalue weighted by atomic mass is 9.84. The topological polar surface area (TPSA) is 69.6 Å². The van der Waals surface area contributed by atoms with Crippen LogP contribution in [-0.2, 0) is 9.59 Å². The summed E-state index contributed by atoms with van der Waals surface area (Å²) in [6.45, 7) is 3.35. The Balaban J connectivity index is 1.78. The first-order chi connectivity index (χ1) is 10.1. The lowest BCUT2D eigenvalue weighted by Gasteiger charge is -2.24. The van der Waals surface area contributed by atoms with E-state index >= 15 is 0 Å². The number of hydrogen-bond donors (Lipinski definition) is 2. The van der Waals surface area contributed by atoms with Crippen molar-refractivity contribution in [3.05, 3.63) is 29.8 Å². The minimum atomic E-state index is -0.787. The number of rotatable bonds is 3. The number of hydrogen-bond acceptors (Lipinski definition) is 3. The molecule has 0 spiro atoms. The zero-order valence-corrected chi connectivity index (χ0v) is 12.1. The average Bonchev–Trinajstić information content (AvgIpc) is 3.12. The largest absolute Gasteiger partial charge is 0.481 e. The molecule has 0 aromatic heterocycles. The second-order valence-corrected chi connectivity index (χ2v) is 5.97. The number of nitrogens with zero attached hydrogens (tertiary/aromatic N) is 1. The molecule has 2 aliphatic heterocycles. The van der Waals surface area contributed by atoms with Crippen molar-refractivity contribution in [2.24, 2.45) is 5.41 Å². The second kappa shape index (κ2) is 5.06. The van der Waals surface area contributed by atoms with Gasteiger partial charge in [-0.15, -0.1) is 0 Å². The van der Waals surface area contributed by atoms with Crippen molar-refractivity contribution in [1.29, 1.82) is 0 Å². The van der Waals surface area contributed by atoms with E-state index in [9.17, 15) is 14.7 Å². The van der Waals surface area contributed by atoms with Gasteiger partial charge in [0.2, 0.25) is 5.91 Å². The summed E-state index contributed by atoms with van der Waals surface area (Å²) >= 11 is 0. The fourth-order valence-corrected chi connectivity index (χ4v) is 3.40. The molecule has 112 valence electrons. The lowest BCUT2D eigenvalue weighted by molar-refractivity contribution is -0.148. The molecule has 2 atom stereocenters. The average molecular weight is 288 g/mol. The summed E-state index contributed by atoms with van der Waals surface area (Å²) in [6.07, 6.45) is 1.11. The first-order valence-electron chi connectivity index (χ1n) is 7.42. The Morgan fingerprint density at radius 3 is 2.86 bits per heavy atom. The van der Waals surface area contributed by atoms with E-state index < -0.39 is 11.4 Å². The highest BCUT2D eigenvalue weighted by Crippen LogP contribution is 2.38. The molecule has 2 N–H and O–H groups in total. The number of para-hydroxylation sites is 1. The summed E-state index contributed by atoms with van der Waals surface area (Å²) in [5, 5.41) is 12.7. The fourth-order valence-electron chi connectivity index (χ4n) is 3.40. The minimum absolute atomic E-state index is 0.0454. The zero-order valence-electron chi connectivity index (χ0n) is 12.1. The highest BCUT2D eigenvalue weighted by Gasteiger charge is 2.46. The molecule has 5 heteroatoms. The van der Waals surface area contributed by atoms with E-state index in [-0.39, 0.29) is 11.8 Å². The number of carboxylic acids is 1. The number of carbonyl (C=O) groups excluding carboxylic acids is 1. The van der Waals surface area contributed by atoms with Crippen molar-refractivity contribution in [2.45, 2.75) is 25.7 Å². The molecule has 2 unspecified atom stereocenters. The molecule has 2 aliphatic rings. The Bertz CT molecular complexity index is 587. The Morgan fingerprint density at radius 1 is 1.43 bits per heavy atom. The number of aliphatic carboxylic acids is 1. The van der Waals surface area contributed by atoms with Crippen LogP contribution in [0.2, 0.25) is 0 Å². The highest BCUT2D eigenvalue weighted by atomic mass is 16.4. The van der Waals surface area contributed by atoms with E-state index in [0.717, 1.165) is 11.3 Å². The Kier molecular flexibility index (Phi) is 3.35. The Hall–Kier alpha value is -2.04. The predicted molar refractivity (Wildman–Crippen MR) is 79.2 cm³/mol. The van der Waals surface area contributed by atoms with Gasteiger partial charge < -0.3 is 15.3 Å². The molecular weight excluding hydrogens is 268 g/mol. The number of anilines is 1. The van der Waals surface area contributed by atoms with Crippen molar-refractivity contribution < 1.29 is 14.7 Å². The molecule has 5 nitrogen and oxygen atoms in total. The maximum atomic E-state index is 12.7. The maximum absolute atomic E-state index is 12.7. The van der Waals surface area contributed by atoms with Gasteiger partial charge in [0.25, 0.3) is 0 Å². The van der Waals surface area contributed by atoms with E-state index in [1.165, 1.54) is 0 Å². The van der Waals surface area contributed by atoms with Gasteiger partial charge in [0, 0.05) is 25.3 Å². The second-order valence-electron chi connectivity index (χ2n) is 5.97. The fraction of sp³-hybridized carbons (Fsp3) is 0.500. The van der Waals surface area contributed by atoms with Gasteiger partial charge in [0.05, 0.1) is 11.3 Å². The predicted octanol–water partition coefficient (Wildman–Crippen LogP) is 1.91. The Morgan fingerprint density at radius 2 is 2.19 bits per heavy atom. The van der Waals surface area contributed by atoms with Crippen molar-refractivity contribution in [3.8, 4) is 0 Å².